The first-order valence-corrected chi connectivity index (χ1v) is 11.2. The van der Waals surface area contributed by atoms with E-state index >= 15 is 0 Å². The molecule has 0 aliphatic carbocycles. The maximum absolute atomic E-state index is 12.8. The molecule has 2 aromatic carbocycles. The largest absolute Gasteiger partial charge is 0.353 e. The van der Waals surface area contributed by atoms with E-state index in [1.165, 1.54) is 0 Å². The zero-order valence-corrected chi connectivity index (χ0v) is 18.5. The summed E-state index contributed by atoms with van der Waals surface area (Å²) in [5.74, 6) is -0.539. The van der Waals surface area contributed by atoms with Gasteiger partial charge in [0.2, 0.25) is 15.9 Å². The highest BCUT2D eigenvalue weighted by Crippen LogP contribution is 2.17. The highest BCUT2D eigenvalue weighted by Gasteiger charge is 2.29. The van der Waals surface area contributed by atoms with Crippen LogP contribution in [0.3, 0.4) is 0 Å². The molecule has 2 unspecified atom stereocenters. The third kappa shape index (κ3) is 6.39. The van der Waals surface area contributed by atoms with E-state index in [1.54, 1.807) is 24.3 Å². The van der Waals surface area contributed by atoms with Crippen LogP contribution in [0.25, 0.3) is 0 Å². The van der Waals surface area contributed by atoms with E-state index in [4.69, 9.17) is 0 Å². The van der Waals surface area contributed by atoms with E-state index in [9.17, 15) is 13.2 Å². The Labute approximate surface area is 174 Å². The molecule has 2 N–H and O–H groups in total. The van der Waals surface area contributed by atoms with E-state index in [0.717, 1.165) is 11.1 Å². The van der Waals surface area contributed by atoms with Crippen LogP contribution in [0.2, 0.25) is 0 Å². The van der Waals surface area contributed by atoms with Gasteiger partial charge in [-0.25, -0.2) is 8.42 Å². The normalized spacial score (nSPS) is 14.0. The van der Waals surface area contributed by atoms with Crippen LogP contribution < -0.4 is 10.0 Å². The second-order valence-corrected chi connectivity index (χ2v) is 9.51. The zero-order chi connectivity index (χ0) is 21.6. The van der Waals surface area contributed by atoms with Gasteiger partial charge in [-0.1, -0.05) is 61.9 Å². The Bertz CT molecular complexity index is 895. The van der Waals surface area contributed by atoms with Gasteiger partial charge >= 0.3 is 0 Å². The summed E-state index contributed by atoms with van der Waals surface area (Å²) in [7, 11) is 0.102. The fourth-order valence-electron chi connectivity index (χ4n) is 3.03. The molecule has 1 amide bonds. The molecule has 7 heteroatoms. The van der Waals surface area contributed by atoms with Crippen molar-refractivity contribution < 1.29 is 13.2 Å². The average molecular weight is 418 g/mol. The van der Waals surface area contributed by atoms with Gasteiger partial charge in [0.15, 0.2) is 0 Å². The van der Waals surface area contributed by atoms with Crippen molar-refractivity contribution in [2.75, 3.05) is 20.6 Å². The number of carbonyl (C=O) groups excluding carboxylic acids is 1. The standard InChI is InChI=1S/C22H31N3O3S/c1-16(2)21(24-29(27,28)19-13-11-17(3)12-14-19)22(26)23-15-20(25(4)5)18-9-7-6-8-10-18/h6-14,16,20-21,24H,15H2,1-5H3,(H,23,26). The lowest BCUT2D eigenvalue weighted by Gasteiger charge is -2.27. The summed E-state index contributed by atoms with van der Waals surface area (Å²) in [5, 5.41) is 2.92. The lowest BCUT2D eigenvalue weighted by molar-refractivity contribution is -0.123. The molecule has 0 aliphatic heterocycles. The Kier molecular flexibility index (Phi) is 7.96. The number of nitrogens with zero attached hydrogens (tertiary/aromatic N) is 1. The smallest absolute Gasteiger partial charge is 0.241 e. The fraction of sp³-hybridized carbons (Fsp3) is 0.409. The Hall–Kier alpha value is -2.22. The van der Waals surface area contributed by atoms with Crippen molar-refractivity contribution in [2.45, 2.75) is 37.8 Å². The van der Waals surface area contributed by atoms with Gasteiger partial charge in [0, 0.05) is 6.54 Å². The highest BCUT2D eigenvalue weighted by molar-refractivity contribution is 7.89. The molecule has 2 atom stereocenters. The van der Waals surface area contributed by atoms with Crippen LogP contribution in [-0.4, -0.2) is 45.9 Å². The van der Waals surface area contributed by atoms with Gasteiger partial charge < -0.3 is 10.2 Å². The van der Waals surface area contributed by atoms with Crippen LogP contribution in [-0.2, 0) is 14.8 Å². The van der Waals surface area contributed by atoms with Crippen LogP contribution in [0.4, 0.5) is 0 Å². The number of nitrogens with one attached hydrogen (secondary N) is 2. The van der Waals surface area contributed by atoms with Crippen LogP contribution in [0.1, 0.15) is 31.0 Å². The van der Waals surface area contributed by atoms with Gasteiger partial charge in [0.1, 0.15) is 6.04 Å². The first-order chi connectivity index (χ1) is 13.6. The summed E-state index contributed by atoms with van der Waals surface area (Å²) in [6, 6.07) is 15.6. The number of hydrogen-bond acceptors (Lipinski definition) is 4. The third-order valence-electron chi connectivity index (χ3n) is 4.84. The highest BCUT2D eigenvalue weighted by atomic mass is 32.2. The van der Waals surface area contributed by atoms with E-state index in [0.29, 0.717) is 6.54 Å². The van der Waals surface area contributed by atoms with Crippen molar-refractivity contribution in [3.05, 3.63) is 65.7 Å². The molecule has 158 valence electrons. The molecule has 0 bridgehead atoms. The summed E-state index contributed by atoms with van der Waals surface area (Å²) in [6.45, 7) is 5.92. The Morgan fingerprint density at radius 1 is 1.00 bits per heavy atom. The minimum atomic E-state index is -3.79. The predicted molar refractivity (Wildman–Crippen MR) is 116 cm³/mol. The van der Waals surface area contributed by atoms with Gasteiger partial charge in [-0.2, -0.15) is 4.72 Å². The molecule has 0 spiro atoms. The zero-order valence-electron chi connectivity index (χ0n) is 17.7. The van der Waals surface area contributed by atoms with Crippen LogP contribution in [0.5, 0.6) is 0 Å². The number of carbonyl (C=O) groups is 1. The number of benzene rings is 2. The number of hydrogen-bond donors (Lipinski definition) is 2. The minimum absolute atomic E-state index is 0.0123. The van der Waals surface area contributed by atoms with Crippen molar-refractivity contribution in [1.29, 1.82) is 0 Å². The number of sulfonamides is 1. The van der Waals surface area contributed by atoms with E-state index in [2.05, 4.69) is 10.0 Å². The van der Waals surface area contributed by atoms with E-state index in [1.807, 2.05) is 70.1 Å². The molecule has 0 saturated heterocycles. The fourth-order valence-corrected chi connectivity index (χ4v) is 4.37. The molecule has 0 aromatic heterocycles. The monoisotopic (exact) mass is 417 g/mol. The maximum Gasteiger partial charge on any atom is 0.241 e. The van der Waals surface area contributed by atoms with Gasteiger partial charge in [0.05, 0.1) is 10.9 Å². The molecule has 2 aromatic rings. The Balaban J connectivity index is 2.11. The van der Waals surface area contributed by atoms with Crippen LogP contribution in [0.15, 0.2) is 59.5 Å². The number of amides is 1. The SMILES string of the molecule is Cc1ccc(S(=O)(=O)NC(C(=O)NCC(c2ccccc2)N(C)C)C(C)C)cc1. The van der Waals surface area contributed by atoms with Crippen LogP contribution >= 0.6 is 0 Å². The molecule has 0 heterocycles. The van der Waals surface area contributed by atoms with Crippen molar-refractivity contribution in [2.24, 2.45) is 5.92 Å². The van der Waals surface area contributed by atoms with Crippen molar-refractivity contribution in [3.63, 3.8) is 0 Å². The van der Waals surface area contributed by atoms with Crippen molar-refractivity contribution >= 4 is 15.9 Å². The minimum Gasteiger partial charge on any atom is -0.353 e. The van der Waals surface area contributed by atoms with E-state index in [-0.39, 0.29) is 22.8 Å². The van der Waals surface area contributed by atoms with Gasteiger partial charge in [0.25, 0.3) is 0 Å². The second-order valence-electron chi connectivity index (χ2n) is 7.79. The summed E-state index contributed by atoms with van der Waals surface area (Å²) < 4.78 is 28.0. The quantitative estimate of drug-likeness (QED) is 0.658. The summed E-state index contributed by atoms with van der Waals surface area (Å²) >= 11 is 0. The average Bonchev–Trinajstić information content (AvgIpc) is 2.67. The lowest BCUT2D eigenvalue weighted by Crippen LogP contribution is -2.50. The number of rotatable bonds is 9. The van der Waals surface area contributed by atoms with Gasteiger partial charge in [-0.15, -0.1) is 0 Å². The first-order valence-electron chi connectivity index (χ1n) is 9.70. The van der Waals surface area contributed by atoms with Gasteiger partial charge in [-0.3, -0.25) is 4.79 Å². The summed E-state index contributed by atoms with van der Waals surface area (Å²) in [5.41, 5.74) is 2.05. The second kappa shape index (κ2) is 10.0. The number of likely N-dealkylation sites (N-methyl/N-ethyl adjacent to an activating group) is 1. The molecule has 2 rings (SSSR count). The topological polar surface area (TPSA) is 78.5 Å². The number of aryl methyl sites for hydroxylation is 1. The Morgan fingerprint density at radius 3 is 2.10 bits per heavy atom. The predicted octanol–water partition coefficient (Wildman–Crippen LogP) is 2.72. The van der Waals surface area contributed by atoms with Crippen LogP contribution in [0, 0.1) is 12.8 Å². The molecule has 6 nitrogen and oxygen atoms in total. The molecule has 0 aliphatic rings. The lowest BCUT2D eigenvalue weighted by atomic mass is 10.0. The third-order valence-corrected chi connectivity index (χ3v) is 6.30. The summed E-state index contributed by atoms with van der Waals surface area (Å²) in [6.07, 6.45) is 0. The first kappa shape index (κ1) is 23.1. The summed E-state index contributed by atoms with van der Waals surface area (Å²) in [4.78, 5) is 15.0. The molecular formula is C22H31N3O3S. The van der Waals surface area contributed by atoms with Crippen molar-refractivity contribution in [3.8, 4) is 0 Å². The molecular weight excluding hydrogens is 386 g/mol. The molecule has 0 fully saturated rings. The molecule has 0 radical (unpaired) electrons. The maximum atomic E-state index is 12.8. The van der Waals surface area contributed by atoms with Gasteiger partial charge in [-0.05, 0) is 44.6 Å². The Morgan fingerprint density at radius 2 is 1.59 bits per heavy atom. The molecule has 29 heavy (non-hydrogen) atoms. The van der Waals surface area contributed by atoms with E-state index < -0.39 is 16.1 Å². The molecule has 0 saturated carbocycles. The van der Waals surface area contributed by atoms with Crippen molar-refractivity contribution in [1.82, 2.24) is 14.9 Å².